The summed E-state index contributed by atoms with van der Waals surface area (Å²) >= 11 is 0. The molecule has 0 aliphatic rings. The lowest BCUT2D eigenvalue weighted by molar-refractivity contribution is -0.136. The minimum absolute atomic E-state index is 0.0686. The van der Waals surface area contributed by atoms with Gasteiger partial charge in [-0.1, -0.05) is 23.6 Å². The Kier molecular flexibility index (Phi) is 5.64. The van der Waals surface area contributed by atoms with Crippen LogP contribution < -0.4 is 0 Å². The first-order chi connectivity index (χ1) is 6.13. The van der Waals surface area contributed by atoms with Gasteiger partial charge in [0.1, 0.15) is 0 Å². The van der Waals surface area contributed by atoms with Gasteiger partial charge in [0.25, 0.3) is 0 Å². The van der Waals surface area contributed by atoms with E-state index in [4.69, 9.17) is 10.2 Å². The molecule has 0 rings (SSSR count). The van der Waals surface area contributed by atoms with Crippen LogP contribution in [0.1, 0.15) is 6.42 Å². The van der Waals surface area contributed by atoms with Gasteiger partial charge >= 0.3 is 11.9 Å². The Labute approximate surface area is 74.8 Å². The molecule has 0 aliphatic heterocycles. The molecular formula is C9H8O4. The van der Waals surface area contributed by atoms with Crippen LogP contribution in [-0.4, -0.2) is 22.2 Å². The predicted octanol–water partition coefficient (Wildman–Crippen LogP) is 0.968. The summed E-state index contributed by atoms with van der Waals surface area (Å²) in [6, 6.07) is 0. The summed E-state index contributed by atoms with van der Waals surface area (Å²) in [7, 11) is 0. The summed E-state index contributed by atoms with van der Waals surface area (Å²) in [5.74, 6) is -2.02. The smallest absolute Gasteiger partial charge is 0.336 e. The molecule has 0 aromatic heterocycles. The molecule has 4 nitrogen and oxygen atoms in total. The zero-order valence-corrected chi connectivity index (χ0v) is 6.73. The molecule has 2 N–H and O–H groups in total. The van der Waals surface area contributed by atoms with Crippen molar-refractivity contribution in [2.75, 3.05) is 0 Å². The van der Waals surface area contributed by atoms with Gasteiger partial charge < -0.3 is 10.2 Å². The third kappa shape index (κ3) is 9.98. The number of carboxylic acid groups (broad SMARTS) is 2. The fraction of sp³-hybridized carbons (Fsp3) is 0.111. The van der Waals surface area contributed by atoms with Crippen molar-refractivity contribution in [3.63, 3.8) is 0 Å². The Hall–Kier alpha value is -2.02. The van der Waals surface area contributed by atoms with Crippen LogP contribution >= 0.6 is 0 Å². The molecule has 0 spiro atoms. The summed E-state index contributed by atoms with van der Waals surface area (Å²) in [5, 5.41) is 16.3. The van der Waals surface area contributed by atoms with Crippen LogP contribution in [0.15, 0.2) is 35.8 Å². The van der Waals surface area contributed by atoms with Gasteiger partial charge in [-0.05, 0) is 6.08 Å². The van der Waals surface area contributed by atoms with Crippen molar-refractivity contribution in [2.45, 2.75) is 6.42 Å². The average Bonchev–Trinajstić information content (AvgIpc) is 2.01. The second-order valence-corrected chi connectivity index (χ2v) is 1.96. The Morgan fingerprint density at radius 1 is 1.23 bits per heavy atom. The van der Waals surface area contributed by atoms with Gasteiger partial charge in [-0.25, -0.2) is 4.79 Å². The minimum atomic E-state index is -1.10. The molecule has 13 heavy (non-hydrogen) atoms. The molecule has 0 aromatic carbocycles. The van der Waals surface area contributed by atoms with E-state index >= 15 is 0 Å². The lowest BCUT2D eigenvalue weighted by Gasteiger charge is -1.78. The first-order valence-electron chi connectivity index (χ1n) is 3.40. The number of hydrogen-bond donors (Lipinski definition) is 2. The monoisotopic (exact) mass is 180 g/mol. The van der Waals surface area contributed by atoms with Crippen molar-refractivity contribution in [1.82, 2.24) is 0 Å². The lowest BCUT2D eigenvalue weighted by atomic mass is 10.4. The summed E-state index contributed by atoms with van der Waals surface area (Å²) < 4.78 is 0. The van der Waals surface area contributed by atoms with Crippen LogP contribution in [-0.2, 0) is 9.59 Å². The molecule has 0 aromatic rings. The van der Waals surface area contributed by atoms with Crippen molar-refractivity contribution in [1.29, 1.82) is 0 Å². The van der Waals surface area contributed by atoms with Gasteiger partial charge in [-0.2, -0.15) is 0 Å². The van der Waals surface area contributed by atoms with Crippen LogP contribution in [0.25, 0.3) is 0 Å². The first-order valence-corrected chi connectivity index (χ1v) is 3.40. The SMILES string of the molecule is O=C(O)C=C=C=C/C=C/CC(=O)O. The number of carbonyl (C=O) groups is 2. The van der Waals surface area contributed by atoms with Crippen LogP contribution in [0.4, 0.5) is 0 Å². The molecular weight excluding hydrogens is 172 g/mol. The molecule has 0 unspecified atom stereocenters. The maximum atomic E-state index is 9.99. The number of carboxylic acids is 2. The Morgan fingerprint density at radius 2 is 1.92 bits per heavy atom. The normalized spacial score (nSPS) is 8.62. The predicted molar refractivity (Wildman–Crippen MR) is 45.2 cm³/mol. The van der Waals surface area contributed by atoms with Gasteiger partial charge in [0.2, 0.25) is 0 Å². The standard InChI is InChI=1S/C9H8O4/c10-8(11)6-4-2-1-3-5-7-9(12)13/h1-2,4,7H,6H2,(H,10,11)(H,12,13)/b4-2+,7-1?. The van der Waals surface area contributed by atoms with Gasteiger partial charge in [0, 0.05) is 0 Å². The molecule has 0 aliphatic carbocycles. The van der Waals surface area contributed by atoms with E-state index in [0.717, 1.165) is 6.08 Å². The molecule has 0 fully saturated rings. The van der Waals surface area contributed by atoms with E-state index < -0.39 is 11.9 Å². The maximum Gasteiger partial charge on any atom is 0.336 e. The zero-order chi connectivity index (χ0) is 10.1. The van der Waals surface area contributed by atoms with Crippen molar-refractivity contribution in [3.05, 3.63) is 35.8 Å². The minimum Gasteiger partial charge on any atom is -0.481 e. The van der Waals surface area contributed by atoms with Gasteiger partial charge in [0.05, 0.1) is 12.5 Å². The van der Waals surface area contributed by atoms with Gasteiger partial charge in [-0.15, -0.1) is 0 Å². The van der Waals surface area contributed by atoms with Crippen LogP contribution in [0.3, 0.4) is 0 Å². The largest absolute Gasteiger partial charge is 0.481 e. The van der Waals surface area contributed by atoms with Crippen molar-refractivity contribution >= 4 is 11.9 Å². The molecule has 0 radical (unpaired) electrons. The molecule has 0 amide bonds. The summed E-state index contributed by atoms with van der Waals surface area (Å²) in [4.78, 5) is 19.9. The topological polar surface area (TPSA) is 74.6 Å². The van der Waals surface area contributed by atoms with E-state index in [1.165, 1.54) is 18.2 Å². The van der Waals surface area contributed by atoms with Crippen LogP contribution in [0.2, 0.25) is 0 Å². The molecule has 68 valence electrons. The highest BCUT2D eigenvalue weighted by molar-refractivity contribution is 5.79. The third-order valence-corrected chi connectivity index (χ3v) is 0.887. The fourth-order valence-electron chi connectivity index (χ4n) is 0.437. The molecule has 0 saturated heterocycles. The van der Waals surface area contributed by atoms with E-state index in [9.17, 15) is 9.59 Å². The highest BCUT2D eigenvalue weighted by atomic mass is 16.4. The van der Waals surface area contributed by atoms with Crippen LogP contribution in [0.5, 0.6) is 0 Å². The highest BCUT2D eigenvalue weighted by Crippen LogP contribution is 1.82. The second kappa shape index (κ2) is 6.68. The first kappa shape index (κ1) is 11.0. The van der Waals surface area contributed by atoms with Crippen molar-refractivity contribution in [2.24, 2.45) is 0 Å². The van der Waals surface area contributed by atoms with E-state index in [1.807, 2.05) is 0 Å². The zero-order valence-electron chi connectivity index (χ0n) is 6.73. The molecule has 4 heteroatoms. The molecule has 0 heterocycles. The lowest BCUT2D eigenvalue weighted by Crippen LogP contribution is -1.89. The number of rotatable bonds is 4. The van der Waals surface area contributed by atoms with Crippen molar-refractivity contribution in [3.8, 4) is 0 Å². The van der Waals surface area contributed by atoms with Crippen molar-refractivity contribution < 1.29 is 19.8 Å². The van der Waals surface area contributed by atoms with Gasteiger partial charge in [-0.3, -0.25) is 4.79 Å². The van der Waals surface area contributed by atoms with Crippen LogP contribution in [0, 0.1) is 0 Å². The quantitative estimate of drug-likeness (QED) is 0.384. The number of aliphatic carboxylic acids is 2. The molecule has 0 atom stereocenters. The molecule has 0 bridgehead atoms. The average molecular weight is 180 g/mol. The summed E-state index contributed by atoms with van der Waals surface area (Å²) in [6.07, 6.45) is 4.99. The maximum absolute atomic E-state index is 9.99. The summed E-state index contributed by atoms with van der Waals surface area (Å²) in [6.45, 7) is 0. The second-order valence-electron chi connectivity index (χ2n) is 1.96. The van der Waals surface area contributed by atoms with E-state index in [1.54, 1.807) is 0 Å². The number of hydrogen-bond acceptors (Lipinski definition) is 2. The third-order valence-electron chi connectivity index (χ3n) is 0.887. The molecule has 0 saturated carbocycles. The Balaban J connectivity index is 4.00. The Morgan fingerprint density at radius 3 is 2.46 bits per heavy atom. The Bertz CT molecular complexity index is 313. The number of allylic oxidation sites excluding steroid dienone is 2. The van der Waals surface area contributed by atoms with E-state index in [-0.39, 0.29) is 6.42 Å². The highest BCUT2D eigenvalue weighted by Gasteiger charge is 1.86. The summed E-state index contributed by atoms with van der Waals surface area (Å²) in [5.41, 5.74) is 4.64. The fourth-order valence-corrected chi connectivity index (χ4v) is 0.437. The van der Waals surface area contributed by atoms with E-state index in [0.29, 0.717) is 0 Å². The van der Waals surface area contributed by atoms with Gasteiger partial charge in [0.15, 0.2) is 0 Å². The van der Waals surface area contributed by atoms with E-state index in [2.05, 4.69) is 11.5 Å².